The average molecular weight is 324 g/mol. The van der Waals surface area contributed by atoms with Crippen LogP contribution in [-0.4, -0.2) is 16.0 Å². The normalized spacial score (nSPS) is 22.3. The van der Waals surface area contributed by atoms with Crippen molar-refractivity contribution in [3.8, 4) is 0 Å². The van der Waals surface area contributed by atoms with Crippen molar-refractivity contribution in [2.45, 2.75) is 46.0 Å². The van der Waals surface area contributed by atoms with Gasteiger partial charge in [0.2, 0.25) is 0 Å². The van der Waals surface area contributed by atoms with Crippen LogP contribution in [0.3, 0.4) is 0 Å². The molecule has 2 aliphatic carbocycles. The van der Waals surface area contributed by atoms with Gasteiger partial charge in [0.05, 0.1) is 5.69 Å². The lowest BCUT2D eigenvalue weighted by Crippen LogP contribution is -2.32. The molecule has 1 aromatic carbocycles. The minimum Gasteiger partial charge on any atom is -0.294 e. The molecular formula is C20H21FN2O. The number of aryl methyl sites for hydroxylation is 1. The Balaban J connectivity index is 1.97. The standard InChI is InChI=1S/C20H21FN2O/c1-11-17-15(23-22-11)8-12-9-20(2,3)10-16(24)18(12)19(17)13-6-4-5-7-14(13)21/h4-7,19H,8-10H2,1-3H3,(H,22,23). The summed E-state index contributed by atoms with van der Waals surface area (Å²) in [7, 11) is 0. The molecule has 2 aromatic rings. The molecule has 0 aliphatic heterocycles. The largest absolute Gasteiger partial charge is 0.294 e. The second-order valence-corrected chi connectivity index (χ2v) is 7.80. The predicted octanol–water partition coefficient (Wildman–Crippen LogP) is 4.23. The molecular weight excluding hydrogens is 303 g/mol. The monoisotopic (exact) mass is 324 g/mol. The minimum absolute atomic E-state index is 0.0431. The Bertz CT molecular complexity index is 876. The number of allylic oxidation sites excluding steroid dienone is 2. The Morgan fingerprint density at radius 1 is 1.25 bits per heavy atom. The topological polar surface area (TPSA) is 45.8 Å². The number of carbonyl (C=O) groups is 1. The number of halogens is 1. The molecule has 4 heteroatoms. The molecule has 1 aromatic heterocycles. The van der Waals surface area contributed by atoms with Gasteiger partial charge in [0, 0.05) is 35.6 Å². The first-order chi connectivity index (χ1) is 11.4. The zero-order chi connectivity index (χ0) is 17.1. The fourth-order valence-corrected chi connectivity index (χ4v) is 4.36. The van der Waals surface area contributed by atoms with Gasteiger partial charge in [0.15, 0.2) is 5.78 Å². The highest BCUT2D eigenvalue weighted by molar-refractivity contribution is 6.00. The molecule has 0 spiro atoms. The summed E-state index contributed by atoms with van der Waals surface area (Å²) in [4.78, 5) is 13.0. The molecule has 1 atom stereocenters. The fourth-order valence-electron chi connectivity index (χ4n) is 4.36. The van der Waals surface area contributed by atoms with E-state index < -0.39 is 0 Å². The molecule has 3 nitrogen and oxygen atoms in total. The zero-order valence-electron chi connectivity index (χ0n) is 14.2. The van der Waals surface area contributed by atoms with E-state index in [4.69, 9.17) is 0 Å². The van der Waals surface area contributed by atoms with Crippen LogP contribution in [0.2, 0.25) is 0 Å². The van der Waals surface area contributed by atoms with E-state index in [1.54, 1.807) is 12.1 Å². The summed E-state index contributed by atoms with van der Waals surface area (Å²) in [6.07, 6.45) is 2.07. The highest BCUT2D eigenvalue weighted by atomic mass is 19.1. The third-order valence-electron chi connectivity index (χ3n) is 5.26. The first kappa shape index (κ1) is 15.3. The first-order valence-electron chi connectivity index (χ1n) is 8.41. The van der Waals surface area contributed by atoms with Crippen LogP contribution in [0.15, 0.2) is 35.4 Å². The van der Waals surface area contributed by atoms with Crippen LogP contribution >= 0.6 is 0 Å². The number of H-pyrrole nitrogens is 1. The van der Waals surface area contributed by atoms with Crippen LogP contribution < -0.4 is 0 Å². The van der Waals surface area contributed by atoms with Crippen LogP contribution in [0.5, 0.6) is 0 Å². The smallest absolute Gasteiger partial charge is 0.160 e. The summed E-state index contributed by atoms with van der Waals surface area (Å²) in [6, 6.07) is 6.78. The second-order valence-electron chi connectivity index (χ2n) is 7.80. The van der Waals surface area contributed by atoms with Gasteiger partial charge in [-0.05, 0) is 30.4 Å². The lowest BCUT2D eigenvalue weighted by molar-refractivity contribution is -0.118. The number of hydrogen-bond donors (Lipinski definition) is 1. The van der Waals surface area contributed by atoms with Crippen LogP contribution in [0.1, 0.15) is 55.1 Å². The number of nitrogens with zero attached hydrogens (tertiary/aromatic N) is 1. The van der Waals surface area contributed by atoms with E-state index in [-0.39, 0.29) is 22.9 Å². The summed E-state index contributed by atoms with van der Waals surface area (Å²) < 4.78 is 14.6. The van der Waals surface area contributed by atoms with E-state index in [0.29, 0.717) is 18.4 Å². The van der Waals surface area contributed by atoms with Crippen molar-refractivity contribution in [1.82, 2.24) is 10.2 Å². The van der Waals surface area contributed by atoms with E-state index in [0.717, 1.165) is 34.5 Å². The van der Waals surface area contributed by atoms with Crippen LogP contribution in [0.25, 0.3) is 0 Å². The Labute approximate surface area is 141 Å². The van der Waals surface area contributed by atoms with E-state index >= 15 is 0 Å². The quantitative estimate of drug-likeness (QED) is 0.853. The van der Waals surface area contributed by atoms with Gasteiger partial charge in [-0.15, -0.1) is 0 Å². The number of hydrogen-bond acceptors (Lipinski definition) is 2. The van der Waals surface area contributed by atoms with Crippen molar-refractivity contribution >= 4 is 5.78 Å². The Kier molecular flexibility index (Phi) is 3.27. The number of aromatic amines is 1. The number of ketones is 1. The maximum atomic E-state index is 14.6. The van der Waals surface area contributed by atoms with Crippen LogP contribution in [0, 0.1) is 18.2 Å². The van der Waals surface area contributed by atoms with E-state index in [1.807, 2.05) is 13.0 Å². The molecule has 0 amide bonds. The maximum absolute atomic E-state index is 14.6. The molecule has 4 rings (SSSR count). The van der Waals surface area contributed by atoms with Crippen LogP contribution in [-0.2, 0) is 11.2 Å². The highest BCUT2D eigenvalue weighted by Crippen LogP contribution is 2.49. The number of fused-ring (bicyclic) bond motifs is 1. The van der Waals surface area contributed by atoms with E-state index in [9.17, 15) is 9.18 Å². The SMILES string of the molecule is Cc1[nH]nc2c1C(c1ccccc1F)C1=C(C2)CC(C)(C)CC1=O. The molecule has 1 unspecified atom stereocenters. The van der Waals surface area contributed by atoms with Crippen LogP contribution in [0.4, 0.5) is 4.39 Å². The predicted molar refractivity (Wildman–Crippen MR) is 90.3 cm³/mol. The minimum atomic E-state index is -0.340. The molecule has 0 bridgehead atoms. The van der Waals surface area contributed by atoms with Gasteiger partial charge in [-0.1, -0.05) is 37.6 Å². The van der Waals surface area contributed by atoms with Crippen molar-refractivity contribution in [3.63, 3.8) is 0 Å². The Hall–Kier alpha value is -2.23. The third-order valence-corrected chi connectivity index (χ3v) is 5.26. The summed E-state index contributed by atoms with van der Waals surface area (Å²) in [6.45, 7) is 6.19. The average Bonchev–Trinajstić information content (AvgIpc) is 2.86. The summed E-state index contributed by atoms with van der Waals surface area (Å²) in [5.74, 6) is -0.450. The molecule has 0 saturated heterocycles. The summed E-state index contributed by atoms with van der Waals surface area (Å²) >= 11 is 0. The molecule has 0 fully saturated rings. The molecule has 0 saturated carbocycles. The Morgan fingerprint density at radius 2 is 2.00 bits per heavy atom. The van der Waals surface area contributed by atoms with Gasteiger partial charge >= 0.3 is 0 Å². The zero-order valence-corrected chi connectivity index (χ0v) is 14.2. The molecule has 24 heavy (non-hydrogen) atoms. The number of aromatic nitrogens is 2. The molecule has 1 heterocycles. The first-order valence-corrected chi connectivity index (χ1v) is 8.41. The van der Waals surface area contributed by atoms with Gasteiger partial charge in [-0.2, -0.15) is 5.10 Å². The van der Waals surface area contributed by atoms with Crippen molar-refractivity contribution in [2.24, 2.45) is 5.41 Å². The van der Waals surface area contributed by atoms with Gasteiger partial charge in [0.25, 0.3) is 0 Å². The van der Waals surface area contributed by atoms with Gasteiger partial charge in [-0.25, -0.2) is 4.39 Å². The van der Waals surface area contributed by atoms with E-state index in [2.05, 4.69) is 24.0 Å². The molecule has 124 valence electrons. The molecule has 0 radical (unpaired) electrons. The van der Waals surface area contributed by atoms with Crippen molar-refractivity contribution in [1.29, 1.82) is 0 Å². The van der Waals surface area contributed by atoms with Crippen molar-refractivity contribution in [2.75, 3.05) is 0 Å². The number of Topliss-reactive ketones (excluding diaryl/α,β-unsaturated/α-hetero) is 1. The molecule has 2 aliphatic rings. The Morgan fingerprint density at radius 3 is 2.75 bits per heavy atom. The fraction of sp³-hybridized carbons (Fsp3) is 0.400. The van der Waals surface area contributed by atoms with Crippen molar-refractivity contribution in [3.05, 3.63) is 63.7 Å². The van der Waals surface area contributed by atoms with Gasteiger partial charge in [-0.3, -0.25) is 9.89 Å². The third kappa shape index (κ3) is 2.24. The number of carbonyl (C=O) groups excluding carboxylic acids is 1. The van der Waals surface area contributed by atoms with Gasteiger partial charge in [0.1, 0.15) is 5.82 Å². The number of rotatable bonds is 1. The van der Waals surface area contributed by atoms with Gasteiger partial charge < -0.3 is 0 Å². The summed E-state index contributed by atoms with van der Waals surface area (Å²) in [5, 5.41) is 7.47. The maximum Gasteiger partial charge on any atom is 0.160 e. The lowest BCUT2D eigenvalue weighted by atomic mass is 9.65. The lowest BCUT2D eigenvalue weighted by Gasteiger charge is -2.38. The second kappa shape index (κ2) is 5.13. The number of nitrogens with one attached hydrogen (secondary N) is 1. The van der Waals surface area contributed by atoms with Crippen molar-refractivity contribution < 1.29 is 9.18 Å². The molecule has 1 N–H and O–H groups in total. The van der Waals surface area contributed by atoms with E-state index in [1.165, 1.54) is 6.07 Å². The highest BCUT2D eigenvalue weighted by Gasteiger charge is 2.42. The number of benzene rings is 1. The summed E-state index contributed by atoms with van der Waals surface area (Å²) in [5.41, 5.74) is 5.31.